The zero-order chi connectivity index (χ0) is 24.5. The maximum Gasteiger partial charge on any atom is 0.240 e. The van der Waals surface area contributed by atoms with Crippen LogP contribution in [0.4, 0.5) is 0 Å². The summed E-state index contributed by atoms with van der Waals surface area (Å²) in [4.78, 5) is 0.209. The minimum atomic E-state index is -3.71. The van der Waals surface area contributed by atoms with Gasteiger partial charge in [0, 0.05) is 16.1 Å². The smallest absolute Gasteiger partial charge is 0.240 e. The van der Waals surface area contributed by atoms with Gasteiger partial charge in [0.1, 0.15) is 5.75 Å². The second kappa shape index (κ2) is 9.80. The maximum atomic E-state index is 12.9. The van der Waals surface area contributed by atoms with E-state index in [0.717, 1.165) is 28.1 Å². The molecule has 0 aliphatic heterocycles. The van der Waals surface area contributed by atoms with Crippen molar-refractivity contribution in [2.75, 3.05) is 7.11 Å². The number of hydrogen-bond donors (Lipinski definition) is 1. The monoisotopic (exact) mass is 515 g/mol. The van der Waals surface area contributed by atoms with Crippen molar-refractivity contribution in [3.05, 3.63) is 93.6 Å². The van der Waals surface area contributed by atoms with Crippen LogP contribution in [0.1, 0.15) is 16.8 Å². The summed E-state index contributed by atoms with van der Waals surface area (Å²) in [6.45, 7) is 3.77. The molecule has 0 aliphatic carbocycles. The third kappa shape index (κ3) is 4.98. The summed E-state index contributed by atoms with van der Waals surface area (Å²) in [6.07, 6.45) is 0. The molecule has 4 aromatic rings. The molecule has 0 amide bonds. The van der Waals surface area contributed by atoms with Crippen LogP contribution in [-0.2, 0) is 16.6 Å². The highest BCUT2D eigenvalue weighted by Crippen LogP contribution is 2.33. The summed E-state index contributed by atoms with van der Waals surface area (Å²) >= 11 is 12.6. The van der Waals surface area contributed by atoms with Gasteiger partial charge in [-0.15, -0.1) is 0 Å². The second-order valence-corrected chi connectivity index (χ2v) is 10.4. The van der Waals surface area contributed by atoms with Gasteiger partial charge in [-0.05, 0) is 74.0 Å². The van der Waals surface area contributed by atoms with Crippen LogP contribution in [0.15, 0.2) is 71.6 Å². The van der Waals surface area contributed by atoms with Crippen molar-refractivity contribution >= 4 is 33.2 Å². The van der Waals surface area contributed by atoms with Crippen molar-refractivity contribution in [3.8, 4) is 22.7 Å². The van der Waals surface area contributed by atoms with Crippen LogP contribution in [0.5, 0.6) is 5.75 Å². The standard InChI is InChI=1S/C25H23Cl2N3O3S/c1-16-5-4-6-21(13-16)34(31,32)28-15-23-17(2)25(18-7-10-20(33-3)11-8-18)30(29-23)24-12-9-19(26)14-22(24)27/h4-14,28H,15H2,1-3H3. The fraction of sp³-hybridized carbons (Fsp3) is 0.160. The molecule has 0 aliphatic rings. The molecule has 34 heavy (non-hydrogen) atoms. The molecule has 0 spiro atoms. The highest BCUT2D eigenvalue weighted by Gasteiger charge is 2.21. The number of nitrogens with one attached hydrogen (secondary N) is 1. The third-order valence-electron chi connectivity index (χ3n) is 5.45. The first kappa shape index (κ1) is 24.3. The molecule has 0 fully saturated rings. The Morgan fingerprint density at radius 1 is 1.00 bits per heavy atom. The maximum absolute atomic E-state index is 12.9. The average Bonchev–Trinajstić information content (AvgIpc) is 3.13. The molecular formula is C25H23Cl2N3O3S. The van der Waals surface area contributed by atoms with Crippen molar-refractivity contribution in [3.63, 3.8) is 0 Å². The van der Waals surface area contributed by atoms with Crippen molar-refractivity contribution in [1.29, 1.82) is 0 Å². The van der Waals surface area contributed by atoms with Crippen LogP contribution in [0.25, 0.3) is 16.9 Å². The first-order valence-corrected chi connectivity index (χ1v) is 12.7. The zero-order valence-electron chi connectivity index (χ0n) is 18.8. The third-order valence-corrected chi connectivity index (χ3v) is 7.39. The Morgan fingerprint density at radius 2 is 1.74 bits per heavy atom. The lowest BCUT2D eigenvalue weighted by molar-refractivity contribution is 0.415. The van der Waals surface area contributed by atoms with Crippen molar-refractivity contribution in [1.82, 2.24) is 14.5 Å². The van der Waals surface area contributed by atoms with E-state index in [2.05, 4.69) is 4.72 Å². The van der Waals surface area contributed by atoms with E-state index in [1.165, 1.54) is 0 Å². The summed E-state index contributed by atoms with van der Waals surface area (Å²) in [6, 6.07) is 19.5. The number of ether oxygens (including phenoxy) is 1. The van der Waals surface area contributed by atoms with Gasteiger partial charge in [-0.25, -0.2) is 17.8 Å². The predicted octanol–water partition coefficient (Wildman–Crippen LogP) is 5.95. The predicted molar refractivity (Wildman–Crippen MR) is 136 cm³/mol. The molecule has 0 atom stereocenters. The van der Waals surface area contributed by atoms with Crippen LogP contribution in [0.3, 0.4) is 0 Å². The highest BCUT2D eigenvalue weighted by atomic mass is 35.5. The lowest BCUT2D eigenvalue weighted by atomic mass is 10.1. The van der Waals surface area contributed by atoms with E-state index >= 15 is 0 Å². The van der Waals surface area contributed by atoms with Gasteiger partial charge in [-0.3, -0.25) is 0 Å². The van der Waals surface area contributed by atoms with Crippen LogP contribution in [0.2, 0.25) is 10.0 Å². The molecule has 0 saturated carbocycles. The van der Waals surface area contributed by atoms with Gasteiger partial charge in [0.25, 0.3) is 0 Å². The molecule has 0 saturated heterocycles. The van der Waals surface area contributed by atoms with Crippen LogP contribution in [0, 0.1) is 13.8 Å². The van der Waals surface area contributed by atoms with Gasteiger partial charge in [0.2, 0.25) is 10.0 Å². The van der Waals surface area contributed by atoms with Gasteiger partial charge >= 0.3 is 0 Å². The average molecular weight is 516 g/mol. The molecule has 0 bridgehead atoms. The molecule has 1 heterocycles. The Bertz CT molecular complexity index is 1450. The lowest BCUT2D eigenvalue weighted by Crippen LogP contribution is -2.24. The normalized spacial score (nSPS) is 11.6. The lowest BCUT2D eigenvalue weighted by Gasteiger charge is -2.11. The van der Waals surface area contributed by atoms with E-state index in [1.54, 1.807) is 48.2 Å². The fourth-order valence-corrected chi connectivity index (χ4v) is 5.23. The van der Waals surface area contributed by atoms with Crippen molar-refractivity contribution in [2.24, 2.45) is 0 Å². The number of aromatic nitrogens is 2. The summed E-state index contributed by atoms with van der Waals surface area (Å²) in [5.41, 5.74) is 4.56. The Morgan fingerprint density at radius 3 is 2.38 bits per heavy atom. The highest BCUT2D eigenvalue weighted by molar-refractivity contribution is 7.89. The Hall–Kier alpha value is -2.84. The quantitative estimate of drug-likeness (QED) is 0.330. The number of aryl methyl sites for hydroxylation is 1. The minimum absolute atomic E-state index is 0.0173. The summed E-state index contributed by atoms with van der Waals surface area (Å²) in [7, 11) is -2.11. The molecule has 1 N–H and O–H groups in total. The number of sulfonamides is 1. The van der Waals surface area contributed by atoms with Crippen LogP contribution in [-0.4, -0.2) is 25.3 Å². The van der Waals surface area contributed by atoms with E-state index in [4.69, 9.17) is 33.0 Å². The summed E-state index contributed by atoms with van der Waals surface area (Å²) in [5.74, 6) is 0.725. The second-order valence-electron chi connectivity index (χ2n) is 7.80. The van der Waals surface area contributed by atoms with Gasteiger partial charge in [-0.2, -0.15) is 5.10 Å². The Kier molecular flexibility index (Phi) is 7.00. The SMILES string of the molecule is COc1ccc(-c2c(C)c(CNS(=O)(=O)c3cccc(C)c3)nn2-c2ccc(Cl)cc2Cl)cc1. The fourth-order valence-electron chi connectivity index (χ4n) is 3.65. The van der Waals surface area contributed by atoms with Gasteiger partial charge in [0.05, 0.1) is 40.6 Å². The van der Waals surface area contributed by atoms with Crippen molar-refractivity contribution < 1.29 is 13.2 Å². The van der Waals surface area contributed by atoms with Crippen LogP contribution < -0.4 is 9.46 Å². The van der Waals surface area contributed by atoms with Gasteiger partial charge < -0.3 is 4.74 Å². The molecule has 4 rings (SSSR count). The molecule has 3 aromatic carbocycles. The zero-order valence-corrected chi connectivity index (χ0v) is 21.2. The van der Waals surface area contributed by atoms with E-state index in [-0.39, 0.29) is 11.4 Å². The number of rotatable bonds is 7. The molecule has 0 radical (unpaired) electrons. The first-order valence-electron chi connectivity index (χ1n) is 10.4. The van der Waals surface area contributed by atoms with Crippen molar-refractivity contribution in [2.45, 2.75) is 25.3 Å². The molecule has 9 heteroatoms. The van der Waals surface area contributed by atoms with E-state index in [9.17, 15) is 8.42 Å². The number of nitrogens with zero attached hydrogens (tertiary/aromatic N) is 2. The van der Waals surface area contributed by atoms with E-state index < -0.39 is 10.0 Å². The first-order chi connectivity index (χ1) is 16.2. The number of hydrogen-bond acceptors (Lipinski definition) is 4. The number of benzene rings is 3. The summed E-state index contributed by atoms with van der Waals surface area (Å²) < 4.78 is 35.4. The number of methoxy groups -OCH3 is 1. The Balaban J connectivity index is 1.77. The van der Waals surface area contributed by atoms with E-state index in [0.29, 0.717) is 21.4 Å². The molecule has 6 nitrogen and oxygen atoms in total. The van der Waals surface area contributed by atoms with Crippen LogP contribution >= 0.6 is 23.2 Å². The van der Waals surface area contributed by atoms with Gasteiger partial charge in [0.15, 0.2) is 0 Å². The number of halogens is 2. The summed E-state index contributed by atoms with van der Waals surface area (Å²) in [5, 5.41) is 5.67. The molecule has 0 unspecified atom stereocenters. The molecular weight excluding hydrogens is 493 g/mol. The Labute approximate surface area is 209 Å². The largest absolute Gasteiger partial charge is 0.497 e. The minimum Gasteiger partial charge on any atom is -0.497 e. The molecule has 176 valence electrons. The topological polar surface area (TPSA) is 73.2 Å². The van der Waals surface area contributed by atoms with Gasteiger partial charge in [-0.1, -0.05) is 35.3 Å². The van der Waals surface area contributed by atoms with E-state index in [1.807, 2.05) is 44.2 Å². The molecule has 1 aromatic heterocycles.